The van der Waals surface area contributed by atoms with Gasteiger partial charge in [0.25, 0.3) is 0 Å². The third-order valence-electron chi connectivity index (χ3n) is 3.04. The van der Waals surface area contributed by atoms with Crippen LogP contribution in [0.15, 0.2) is 91.0 Å². The van der Waals surface area contributed by atoms with E-state index >= 15 is 0 Å². The summed E-state index contributed by atoms with van der Waals surface area (Å²) in [6.07, 6.45) is 0. The molecule has 3 aromatic carbocycles. The molecule has 3 aromatic rings. The molecule has 0 saturated carbocycles. The summed E-state index contributed by atoms with van der Waals surface area (Å²) in [4.78, 5) is 0. The van der Waals surface area contributed by atoms with E-state index in [2.05, 4.69) is 91.0 Å². The van der Waals surface area contributed by atoms with Crippen LogP contribution >= 0.6 is 7.92 Å². The van der Waals surface area contributed by atoms with Gasteiger partial charge in [0.2, 0.25) is 0 Å². The van der Waals surface area contributed by atoms with E-state index in [9.17, 15) is 0 Å². The van der Waals surface area contributed by atoms with E-state index in [0.717, 1.165) is 0 Å². The fourth-order valence-corrected chi connectivity index (χ4v) is 4.48. The van der Waals surface area contributed by atoms with E-state index in [4.69, 9.17) is 0 Å². The molecule has 109 valence electrons. The average Bonchev–Trinajstić information content (AvgIpc) is 2.51. The normalized spacial score (nSPS) is 9.57. The molecule has 3 rings (SSSR count). The first-order chi connectivity index (χ1) is 9.45. The molecule has 0 unspecified atom stereocenters. The Bertz CT molecular complexity index is 535. The molecule has 0 bridgehead atoms. The largest absolute Gasteiger partial charge is 2.00 e. The van der Waals surface area contributed by atoms with E-state index in [-0.39, 0.29) is 41.0 Å². The van der Waals surface area contributed by atoms with Crippen LogP contribution in [0.2, 0.25) is 0 Å². The smallest absolute Gasteiger partial charge is 1.00 e. The number of halogens is 1. The Kier molecular flexibility index (Phi) is 8.21. The second kappa shape index (κ2) is 9.38. The summed E-state index contributed by atoms with van der Waals surface area (Å²) in [6.45, 7) is 0. The van der Waals surface area contributed by atoms with Gasteiger partial charge < -0.3 is 24.0 Å². The first kappa shape index (κ1) is 18.4. The summed E-state index contributed by atoms with van der Waals surface area (Å²) in [5.41, 5.74) is 0. The number of hydrogen-bond donors (Lipinski definition) is 0. The molecular weight excluding hydrogens is 438 g/mol. The Hall–Kier alpha value is -0.661. The van der Waals surface area contributed by atoms with Crippen LogP contribution in [0.3, 0.4) is 0 Å². The minimum absolute atomic E-state index is 0. The molecule has 3 heteroatoms. The molecule has 0 aliphatic rings. The van der Waals surface area contributed by atoms with Gasteiger partial charge >= 0.3 is 17.1 Å². The molecule has 0 atom stereocenters. The Morgan fingerprint density at radius 2 is 0.667 bits per heavy atom. The molecule has 0 fully saturated rings. The van der Waals surface area contributed by atoms with Crippen molar-refractivity contribution >= 4 is 23.8 Å². The maximum atomic E-state index is 2.23. The van der Waals surface area contributed by atoms with Gasteiger partial charge in [-0.3, -0.25) is 0 Å². The summed E-state index contributed by atoms with van der Waals surface area (Å²) >= 11 is 0. The molecule has 0 aromatic heterocycles. The van der Waals surface area contributed by atoms with Gasteiger partial charge in [0, 0.05) is 0 Å². The standard InChI is InChI=1S/C18H15P.Cu.HI/c1-4-10-16(11-5-1)19(17-12-6-2-7-13-17)18-14-8-3-9-15-18;;/h1-15H;;1H/q;+2;/p-1. The van der Waals surface area contributed by atoms with Crippen molar-refractivity contribution in [1.82, 2.24) is 0 Å². The molecule has 21 heavy (non-hydrogen) atoms. The molecule has 0 spiro atoms. The SMILES string of the molecule is [Cu+2].[I-].c1ccc(P(c2ccccc2)c2ccccc2)cc1. The summed E-state index contributed by atoms with van der Waals surface area (Å²) < 4.78 is 0. The van der Waals surface area contributed by atoms with Crippen molar-refractivity contribution < 1.29 is 41.0 Å². The van der Waals surface area contributed by atoms with E-state index in [1.165, 1.54) is 15.9 Å². The quantitative estimate of drug-likeness (QED) is 0.308. The number of benzene rings is 3. The third kappa shape index (κ3) is 4.66. The molecule has 0 aliphatic carbocycles. The molecule has 0 amide bonds. The van der Waals surface area contributed by atoms with Crippen LogP contribution in [0.1, 0.15) is 0 Å². The van der Waals surface area contributed by atoms with Crippen LogP contribution < -0.4 is 39.9 Å². The minimum Gasteiger partial charge on any atom is -1.00 e. The van der Waals surface area contributed by atoms with Crippen molar-refractivity contribution in [1.29, 1.82) is 0 Å². The fraction of sp³-hybridized carbons (Fsp3) is 0. The van der Waals surface area contributed by atoms with Crippen LogP contribution in [0.25, 0.3) is 0 Å². The van der Waals surface area contributed by atoms with E-state index in [0.29, 0.717) is 0 Å². The van der Waals surface area contributed by atoms with Gasteiger partial charge in [-0.15, -0.1) is 0 Å². The molecule has 0 aliphatic heterocycles. The van der Waals surface area contributed by atoms with Crippen molar-refractivity contribution in [2.75, 3.05) is 0 Å². The second-order valence-corrected chi connectivity index (χ2v) is 6.56. The molecule has 1 radical (unpaired) electrons. The Morgan fingerprint density at radius 3 is 0.905 bits per heavy atom. The van der Waals surface area contributed by atoms with E-state index in [1.54, 1.807) is 0 Å². The second-order valence-electron chi connectivity index (χ2n) is 4.34. The summed E-state index contributed by atoms with van der Waals surface area (Å²) in [6, 6.07) is 32.3. The summed E-state index contributed by atoms with van der Waals surface area (Å²) in [7, 11) is -0.446. The van der Waals surface area contributed by atoms with Crippen LogP contribution in [0, 0.1) is 0 Å². The maximum Gasteiger partial charge on any atom is 2.00 e. The molecule has 0 saturated heterocycles. The molecule has 0 heterocycles. The predicted molar refractivity (Wildman–Crippen MR) is 85.1 cm³/mol. The van der Waals surface area contributed by atoms with Crippen LogP contribution in [-0.4, -0.2) is 0 Å². The van der Waals surface area contributed by atoms with Crippen LogP contribution in [0.5, 0.6) is 0 Å². The number of hydrogen-bond acceptors (Lipinski definition) is 0. The summed E-state index contributed by atoms with van der Waals surface area (Å²) in [5, 5.41) is 4.19. The Labute approximate surface area is 155 Å². The Balaban J connectivity index is 0.00000110. The van der Waals surface area contributed by atoms with Crippen molar-refractivity contribution in [2.45, 2.75) is 0 Å². The Morgan fingerprint density at radius 1 is 0.429 bits per heavy atom. The zero-order valence-corrected chi connectivity index (χ0v) is 15.3. The minimum atomic E-state index is -0.446. The zero-order chi connectivity index (χ0) is 12.9. The van der Waals surface area contributed by atoms with Crippen molar-refractivity contribution in [3.63, 3.8) is 0 Å². The number of rotatable bonds is 3. The van der Waals surface area contributed by atoms with Crippen LogP contribution in [0.4, 0.5) is 0 Å². The van der Waals surface area contributed by atoms with Gasteiger partial charge in [0.1, 0.15) is 0 Å². The summed E-state index contributed by atoms with van der Waals surface area (Å²) in [5.74, 6) is 0. The van der Waals surface area contributed by atoms with E-state index < -0.39 is 7.92 Å². The van der Waals surface area contributed by atoms with Gasteiger partial charge in [-0.1, -0.05) is 91.0 Å². The van der Waals surface area contributed by atoms with Gasteiger partial charge in [-0.05, 0) is 23.8 Å². The zero-order valence-electron chi connectivity index (χ0n) is 11.3. The molecular formula is C18H15CuIP+. The fourth-order valence-electron chi connectivity index (χ4n) is 2.18. The van der Waals surface area contributed by atoms with Gasteiger partial charge in [0.05, 0.1) is 0 Å². The van der Waals surface area contributed by atoms with Gasteiger partial charge in [-0.2, -0.15) is 0 Å². The van der Waals surface area contributed by atoms with Crippen molar-refractivity contribution in [3.8, 4) is 0 Å². The van der Waals surface area contributed by atoms with Gasteiger partial charge in [-0.25, -0.2) is 0 Å². The van der Waals surface area contributed by atoms with Crippen molar-refractivity contribution in [2.24, 2.45) is 0 Å². The molecule has 0 nitrogen and oxygen atoms in total. The van der Waals surface area contributed by atoms with Crippen LogP contribution in [-0.2, 0) is 17.1 Å². The molecule has 0 N–H and O–H groups in total. The topological polar surface area (TPSA) is 0 Å². The van der Waals surface area contributed by atoms with Gasteiger partial charge in [0.15, 0.2) is 0 Å². The first-order valence-electron chi connectivity index (χ1n) is 6.40. The first-order valence-corrected chi connectivity index (χ1v) is 7.74. The van der Waals surface area contributed by atoms with E-state index in [1.807, 2.05) is 0 Å². The van der Waals surface area contributed by atoms with Crippen molar-refractivity contribution in [3.05, 3.63) is 91.0 Å². The predicted octanol–water partition coefficient (Wildman–Crippen LogP) is 0.446. The third-order valence-corrected chi connectivity index (χ3v) is 5.49. The monoisotopic (exact) mass is 452 g/mol. The average molecular weight is 453 g/mol. The maximum absolute atomic E-state index is 2.23.